The van der Waals surface area contributed by atoms with Gasteiger partial charge in [-0.15, -0.1) is 0 Å². The van der Waals surface area contributed by atoms with Crippen molar-refractivity contribution in [3.8, 4) is 5.75 Å². The van der Waals surface area contributed by atoms with Crippen molar-refractivity contribution < 1.29 is 4.74 Å². The van der Waals surface area contributed by atoms with Crippen LogP contribution in [0.2, 0.25) is 0 Å². The number of fused-ring (bicyclic) bond motifs is 1. The number of methoxy groups -OCH3 is 1. The zero-order valence-electron chi connectivity index (χ0n) is 18.1. The van der Waals surface area contributed by atoms with Crippen molar-refractivity contribution in [3.05, 3.63) is 51.9 Å². The minimum absolute atomic E-state index is 0.150. The van der Waals surface area contributed by atoms with Gasteiger partial charge in [0.15, 0.2) is 0 Å². The summed E-state index contributed by atoms with van der Waals surface area (Å²) in [6.07, 6.45) is 3.75. The highest BCUT2D eigenvalue weighted by Gasteiger charge is 2.14. The van der Waals surface area contributed by atoms with E-state index in [0.29, 0.717) is 23.3 Å². The van der Waals surface area contributed by atoms with Gasteiger partial charge in [-0.3, -0.25) is 4.79 Å². The molecule has 2 aromatic heterocycles. The van der Waals surface area contributed by atoms with Gasteiger partial charge in [-0.25, -0.2) is 4.98 Å². The van der Waals surface area contributed by atoms with E-state index in [2.05, 4.69) is 33.2 Å². The molecule has 1 aromatic carbocycles. The van der Waals surface area contributed by atoms with E-state index in [1.54, 1.807) is 23.9 Å². The molecule has 0 spiro atoms. The van der Waals surface area contributed by atoms with Crippen LogP contribution in [0.1, 0.15) is 30.9 Å². The molecule has 3 rings (SSSR count). The third-order valence-corrected chi connectivity index (χ3v) is 4.86. The number of nitrogens with two attached hydrogens (primary N) is 1. The Morgan fingerprint density at radius 1 is 1.23 bits per heavy atom. The molecule has 3 N–H and O–H groups in total. The van der Waals surface area contributed by atoms with Crippen LogP contribution in [0.5, 0.6) is 5.75 Å². The van der Waals surface area contributed by atoms with Crippen molar-refractivity contribution in [3.63, 3.8) is 0 Å². The molecule has 0 radical (unpaired) electrons. The largest absolute Gasteiger partial charge is 0.496 e. The average Bonchev–Trinajstić information content (AvgIpc) is 2.70. The molecule has 0 aliphatic heterocycles. The van der Waals surface area contributed by atoms with Crippen molar-refractivity contribution in [2.75, 3.05) is 38.8 Å². The Morgan fingerprint density at radius 3 is 2.73 bits per heavy atom. The number of ether oxygens (including phenoxy) is 1. The number of anilines is 2. The second-order valence-corrected chi connectivity index (χ2v) is 7.60. The molecule has 0 unspecified atom stereocenters. The Bertz CT molecular complexity index is 1080. The summed E-state index contributed by atoms with van der Waals surface area (Å²) in [5, 5.41) is 3.69. The van der Waals surface area contributed by atoms with Crippen LogP contribution in [-0.2, 0) is 13.1 Å². The summed E-state index contributed by atoms with van der Waals surface area (Å²) in [6.45, 7) is 4.03. The first-order valence-electron chi connectivity index (χ1n) is 10.1. The summed E-state index contributed by atoms with van der Waals surface area (Å²) in [5.41, 5.74) is 8.29. The number of rotatable bonds is 9. The maximum Gasteiger partial charge on any atom is 0.264 e. The first kappa shape index (κ1) is 21.6. The van der Waals surface area contributed by atoms with Crippen molar-refractivity contribution in [1.82, 2.24) is 19.4 Å². The molecule has 0 aliphatic carbocycles. The minimum atomic E-state index is -0.161. The molecule has 3 aromatic rings. The molecule has 2 heterocycles. The summed E-state index contributed by atoms with van der Waals surface area (Å²) < 4.78 is 7.23. The zero-order valence-corrected chi connectivity index (χ0v) is 18.1. The molecular weight excluding hydrogens is 380 g/mol. The molecular formula is C22H30N6O2. The third-order valence-electron chi connectivity index (χ3n) is 4.86. The molecule has 0 aliphatic rings. The van der Waals surface area contributed by atoms with Gasteiger partial charge < -0.3 is 25.3 Å². The third kappa shape index (κ3) is 4.88. The standard InChI is InChI=1S/C22H30N6O2/c1-5-6-10-24-20-19-17(25-22(23)26-20)9-11-28(21(19)29)14-16-8-7-15(13-27(2)3)12-18(16)30-4/h7-9,11-12H,5-6,10,13-14H2,1-4H3,(H3,23,24,25,26). The van der Waals surface area contributed by atoms with Crippen LogP contribution in [0.4, 0.5) is 11.8 Å². The van der Waals surface area contributed by atoms with E-state index in [4.69, 9.17) is 10.5 Å². The molecule has 8 nitrogen and oxygen atoms in total. The monoisotopic (exact) mass is 410 g/mol. The maximum atomic E-state index is 13.3. The Kier molecular flexibility index (Phi) is 6.89. The summed E-state index contributed by atoms with van der Waals surface area (Å²) >= 11 is 0. The number of nitrogens with one attached hydrogen (secondary N) is 1. The SMILES string of the molecule is CCCCNc1nc(N)nc2ccn(Cc3ccc(CN(C)C)cc3OC)c(=O)c12. The fourth-order valence-electron chi connectivity index (χ4n) is 3.40. The van der Waals surface area contributed by atoms with Crippen molar-refractivity contribution >= 4 is 22.7 Å². The molecule has 0 fully saturated rings. The summed E-state index contributed by atoms with van der Waals surface area (Å²) in [7, 11) is 5.69. The Balaban J connectivity index is 1.99. The van der Waals surface area contributed by atoms with Crippen LogP contribution in [0, 0.1) is 0 Å². The number of nitrogens with zero attached hydrogens (tertiary/aromatic N) is 4. The van der Waals surface area contributed by atoms with Gasteiger partial charge in [0.1, 0.15) is 17.0 Å². The van der Waals surface area contributed by atoms with Crippen LogP contribution < -0.4 is 21.3 Å². The lowest BCUT2D eigenvalue weighted by Crippen LogP contribution is -2.23. The van der Waals surface area contributed by atoms with Gasteiger partial charge >= 0.3 is 0 Å². The molecule has 160 valence electrons. The van der Waals surface area contributed by atoms with Crippen LogP contribution in [0.3, 0.4) is 0 Å². The fraction of sp³-hybridized carbons (Fsp3) is 0.409. The lowest BCUT2D eigenvalue weighted by Gasteiger charge is -2.15. The second-order valence-electron chi connectivity index (χ2n) is 7.60. The Morgan fingerprint density at radius 2 is 2.03 bits per heavy atom. The fourth-order valence-corrected chi connectivity index (χ4v) is 3.40. The highest BCUT2D eigenvalue weighted by molar-refractivity contribution is 5.89. The normalized spacial score (nSPS) is 11.2. The number of hydrogen-bond donors (Lipinski definition) is 2. The summed E-state index contributed by atoms with van der Waals surface area (Å²) in [5.74, 6) is 1.39. The molecule has 30 heavy (non-hydrogen) atoms. The number of nitrogen functional groups attached to an aromatic ring is 1. The lowest BCUT2D eigenvalue weighted by molar-refractivity contribution is 0.392. The average molecular weight is 411 g/mol. The molecule has 0 bridgehead atoms. The first-order valence-corrected chi connectivity index (χ1v) is 10.1. The Hall–Kier alpha value is -3.13. The lowest BCUT2D eigenvalue weighted by atomic mass is 10.1. The number of hydrogen-bond acceptors (Lipinski definition) is 7. The minimum Gasteiger partial charge on any atom is -0.496 e. The molecule has 0 saturated carbocycles. The summed E-state index contributed by atoms with van der Waals surface area (Å²) in [4.78, 5) is 23.9. The number of unbranched alkanes of at least 4 members (excludes halogenated alkanes) is 1. The van der Waals surface area contributed by atoms with Crippen LogP contribution >= 0.6 is 0 Å². The van der Waals surface area contributed by atoms with Gasteiger partial charge in [0, 0.05) is 24.8 Å². The van der Waals surface area contributed by atoms with Gasteiger partial charge in [-0.05, 0) is 38.2 Å². The topological polar surface area (TPSA) is 98.3 Å². The van der Waals surface area contributed by atoms with Gasteiger partial charge in [0.05, 0.1) is 19.2 Å². The van der Waals surface area contributed by atoms with E-state index in [9.17, 15) is 4.79 Å². The van der Waals surface area contributed by atoms with E-state index in [0.717, 1.165) is 42.8 Å². The Labute approximate surface area is 176 Å². The van der Waals surface area contributed by atoms with E-state index >= 15 is 0 Å². The quantitative estimate of drug-likeness (QED) is 0.523. The summed E-state index contributed by atoms with van der Waals surface area (Å²) in [6, 6.07) is 7.88. The van der Waals surface area contributed by atoms with Crippen LogP contribution in [0.15, 0.2) is 35.3 Å². The number of pyridine rings is 1. The van der Waals surface area contributed by atoms with Gasteiger partial charge in [-0.1, -0.05) is 25.5 Å². The zero-order chi connectivity index (χ0) is 21.7. The molecule has 0 saturated heterocycles. The van der Waals surface area contributed by atoms with E-state index in [1.165, 1.54) is 0 Å². The predicted octanol–water partition coefficient (Wildman–Crippen LogP) is 2.70. The predicted molar refractivity (Wildman–Crippen MR) is 121 cm³/mol. The van der Waals surface area contributed by atoms with E-state index in [1.807, 2.05) is 26.2 Å². The highest BCUT2D eigenvalue weighted by atomic mass is 16.5. The van der Waals surface area contributed by atoms with E-state index in [-0.39, 0.29) is 11.5 Å². The van der Waals surface area contributed by atoms with Gasteiger partial charge in [0.2, 0.25) is 5.95 Å². The van der Waals surface area contributed by atoms with Crippen molar-refractivity contribution in [1.29, 1.82) is 0 Å². The van der Waals surface area contributed by atoms with Gasteiger partial charge in [0.25, 0.3) is 5.56 Å². The number of benzene rings is 1. The maximum absolute atomic E-state index is 13.3. The first-order chi connectivity index (χ1) is 14.4. The molecule has 0 amide bonds. The van der Waals surface area contributed by atoms with Crippen molar-refractivity contribution in [2.45, 2.75) is 32.9 Å². The van der Waals surface area contributed by atoms with Crippen LogP contribution in [-0.4, -0.2) is 47.2 Å². The van der Waals surface area contributed by atoms with Gasteiger partial charge in [-0.2, -0.15) is 4.98 Å². The second kappa shape index (κ2) is 9.58. The number of aromatic nitrogens is 3. The van der Waals surface area contributed by atoms with Crippen LogP contribution in [0.25, 0.3) is 10.9 Å². The molecule has 0 atom stereocenters. The smallest absolute Gasteiger partial charge is 0.264 e. The van der Waals surface area contributed by atoms with E-state index < -0.39 is 0 Å². The van der Waals surface area contributed by atoms with Crippen molar-refractivity contribution in [2.24, 2.45) is 0 Å². The molecule has 8 heteroatoms. The highest BCUT2D eigenvalue weighted by Crippen LogP contribution is 2.23.